The number of rotatable bonds is 6. The van der Waals surface area contributed by atoms with E-state index in [2.05, 4.69) is 0 Å². The van der Waals surface area contributed by atoms with Gasteiger partial charge in [-0.05, 0) is 30.7 Å². The van der Waals surface area contributed by atoms with Gasteiger partial charge in [0.2, 0.25) is 0 Å². The number of aliphatic hydroxyl groups is 1. The van der Waals surface area contributed by atoms with Crippen LogP contribution in [0.2, 0.25) is 0 Å². The van der Waals surface area contributed by atoms with Crippen LogP contribution >= 0.6 is 0 Å². The molecule has 0 unspecified atom stereocenters. The van der Waals surface area contributed by atoms with Gasteiger partial charge in [0.25, 0.3) is 0 Å². The van der Waals surface area contributed by atoms with E-state index >= 15 is 0 Å². The van der Waals surface area contributed by atoms with Gasteiger partial charge in [0.05, 0.1) is 14.2 Å². The maximum absolute atomic E-state index is 12.2. The molecule has 0 aliphatic heterocycles. The first-order valence-corrected chi connectivity index (χ1v) is 7.46. The van der Waals surface area contributed by atoms with Crippen LogP contribution in [0, 0.1) is 0 Å². The lowest BCUT2D eigenvalue weighted by molar-refractivity contribution is -0.111. The maximum Gasteiger partial charge on any atom is 0.185 e. The molecule has 124 valence electrons. The van der Waals surface area contributed by atoms with Crippen LogP contribution in [-0.2, 0) is 4.79 Å². The topological polar surface area (TPSA) is 55.8 Å². The monoisotopic (exact) mass is 324 g/mol. The van der Waals surface area contributed by atoms with Crippen molar-refractivity contribution < 1.29 is 19.4 Å². The van der Waals surface area contributed by atoms with Crippen LogP contribution in [-0.4, -0.2) is 25.1 Å². The summed E-state index contributed by atoms with van der Waals surface area (Å²) in [7, 11) is 3.12. The summed E-state index contributed by atoms with van der Waals surface area (Å²) in [5.41, 5.74) is 1.70. The van der Waals surface area contributed by atoms with Crippen molar-refractivity contribution >= 4 is 17.6 Å². The van der Waals surface area contributed by atoms with Crippen LogP contribution in [0.5, 0.6) is 11.5 Å². The normalized spacial score (nSPS) is 12.0. The number of methoxy groups -OCH3 is 2. The number of ketones is 1. The molecule has 0 aliphatic rings. The first kappa shape index (κ1) is 17.3. The van der Waals surface area contributed by atoms with Crippen molar-refractivity contribution in [2.45, 2.75) is 6.92 Å². The summed E-state index contributed by atoms with van der Waals surface area (Å²) in [5.74, 6) is 0.939. The van der Waals surface area contributed by atoms with Gasteiger partial charge in [0.15, 0.2) is 17.3 Å². The molecule has 2 aromatic carbocycles. The summed E-state index contributed by atoms with van der Waals surface area (Å²) < 4.78 is 10.4. The molecule has 1 N–H and O–H groups in total. The molecule has 0 saturated carbocycles. The summed E-state index contributed by atoms with van der Waals surface area (Å²) in [6, 6.07) is 14.3. The molecule has 0 atom stereocenters. The van der Waals surface area contributed by atoms with Crippen molar-refractivity contribution in [3.8, 4) is 11.5 Å². The second-order valence-corrected chi connectivity index (χ2v) is 5.15. The second-order valence-electron chi connectivity index (χ2n) is 5.15. The number of allylic oxidation sites excluding steroid dienone is 2. The Hall–Kier alpha value is -3.01. The number of carbonyl (C=O) groups is 1. The Morgan fingerprint density at radius 3 is 2.29 bits per heavy atom. The van der Waals surface area contributed by atoms with E-state index in [0.717, 1.165) is 5.56 Å². The zero-order chi connectivity index (χ0) is 17.5. The second kappa shape index (κ2) is 8.02. The minimum Gasteiger partial charge on any atom is -0.507 e. The molecular weight excluding hydrogens is 304 g/mol. The highest BCUT2D eigenvalue weighted by Crippen LogP contribution is 2.28. The van der Waals surface area contributed by atoms with Gasteiger partial charge in [-0.1, -0.05) is 42.5 Å². The molecule has 4 nitrogen and oxygen atoms in total. The van der Waals surface area contributed by atoms with Crippen molar-refractivity contribution in [2.24, 2.45) is 0 Å². The van der Waals surface area contributed by atoms with Crippen molar-refractivity contribution in [1.29, 1.82) is 0 Å². The van der Waals surface area contributed by atoms with E-state index in [4.69, 9.17) is 9.47 Å². The molecule has 0 amide bonds. The maximum atomic E-state index is 12.2. The minimum atomic E-state index is -0.258. The Morgan fingerprint density at radius 2 is 1.67 bits per heavy atom. The summed E-state index contributed by atoms with van der Waals surface area (Å²) in [6.07, 6.45) is 3.10. The molecule has 4 heteroatoms. The standard InChI is InChI=1S/C20H20O4/c1-14(20(22)16-7-5-4-6-8-16)17(21)11-9-15-10-12-18(23-2)19(13-15)24-3/h4-13,22H,1-3H3/b11-9+,20-14-. The summed E-state index contributed by atoms with van der Waals surface area (Å²) >= 11 is 0. The van der Waals surface area contributed by atoms with Crippen molar-refractivity contribution in [2.75, 3.05) is 14.2 Å². The summed E-state index contributed by atoms with van der Waals surface area (Å²) in [4.78, 5) is 12.2. The summed E-state index contributed by atoms with van der Waals surface area (Å²) in [5, 5.41) is 10.2. The number of hydrogen-bond acceptors (Lipinski definition) is 4. The number of carbonyl (C=O) groups excluding carboxylic acids is 1. The lowest BCUT2D eigenvalue weighted by atomic mass is 10.1. The predicted octanol–water partition coefficient (Wildman–Crippen LogP) is 4.28. The molecule has 0 spiro atoms. The van der Waals surface area contributed by atoms with E-state index in [-0.39, 0.29) is 17.1 Å². The van der Waals surface area contributed by atoms with E-state index < -0.39 is 0 Å². The third kappa shape index (κ3) is 4.04. The van der Waals surface area contributed by atoms with Crippen molar-refractivity contribution in [3.05, 3.63) is 71.3 Å². The first-order valence-electron chi connectivity index (χ1n) is 7.46. The van der Waals surface area contributed by atoms with E-state index in [9.17, 15) is 9.90 Å². The Bertz CT molecular complexity index is 773. The van der Waals surface area contributed by atoms with Gasteiger partial charge in [-0.2, -0.15) is 0 Å². The van der Waals surface area contributed by atoms with E-state index in [1.165, 1.54) is 6.08 Å². The van der Waals surface area contributed by atoms with E-state index in [1.807, 2.05) is 24.3 Å². The minimum absolute atomic E-state index is 0.0161. The Kier molecular flexibility index (Phi) is 5.79. The SMILES string of the molecule is COc1ccc(/C=C/C(=O)/C(C)=C(\O)c2ccccc2)cc1OC. The van der Waals surface area contributed by atoms with Gasteiger partial charge in [0.1, 0.15) is 5.76 Å². The number of benzene rings is 2. The zero-order valence-electron chi connectivity index (χ0n) is 13.9. The van der Waals surface area contributed by atoms with Crippen LogP contribution in [0.15, 0.2) is 60.2 Å². The number of ether oxygens (including phenoxy) is 2. The highest BCUT2D eigenvalue weighted by atomic mass is 16.5. The third-order valence-corrected chi connectivity index (χ3v) is 3.61. The van der Waals surface area contributed by atoms with Crippen molar-refractivity contribution in [3.63, 3.8) is 0 Å². The molecule has 2 rings (SSSR count). The quantitative estimate of drug-likeness (QED) is 0.636. The molecule has 0 fully saturated rings. The molecule has 0 saturated heterocycles. The Labute approximate surface area is 141 Å². The molecule has 0 aliphatic carbocycles. The fourth-order valence-corrected chi connectivity index (χ4v) is 2.18. The molecule has 0 heterocycles. The largest absolute Gasteiger partial charge is 0.507 e. The fourth-order valence-electron chi connectivity index (χ4n) is 2.18. The summed E-state index contributed by atoms with van der Waals surface area (Å²) in [6.45, 7) is 1.60. The first-order chi connectivity index (χ1) is 11.6. The van der Waals surface area contributed by atoms with Gasteiger partial charge in [-0.15, -0.1) is 0 Å². The third-order valence-electron chi connectivity index (χ3n) is 3.61. The molecule has 2 aromatic rings. The molecule has 24 heavy (non-hydrogen) atoms. The average molecular weight is 324 g/mol. The number of hydrogen-bond donors (Lipinski definition) is 1. The van der Waals surface area contributed by atoms with Crippen LogP contribution in [0.1, 0.15) is 18.1 Å². The van der Waals surface area contributed by atoms with Crippen LogP contribution in [0.3, 0.4) is 0 Å². The van der Waals surface area contributed by atoms with Crippen molar-refractivity contribution in [1.82, 2.24) is 0 Å². The van der Waals surface area contributed by atoms with Crippen LogP contribution in [0.25, 0.3) is 11.8 Å². The van der Waals surface area contributed by atoms with Gasteiger partial charge in [-0.25, -0.2) is 0 Å². The van der Waals surface area contributed by atoms with E-state index in [0.29, 0.717) is 17.1 Å². The molecule has 0 aromatic heterocycles. The van der Waals surface area contributed by atoms with Gasteiger partial charge < -0.3 is 14.6 Å². The van der Waals surface area contributed by atoms with Gasteiger partial charge in [0, 0.05) is 11.1 Å². The zero-order valence-corrected chi connectivity index (χ0v) is 13.9. The lowest BCUT2D eigenvalue weighted by Gasteiger charge is -2.07. The Balaban J connectivity index is 2.21. The van der Waals surface area contributed by atoms with Crippen LogP contribution in [0.4, 0.5) is 0 Å². The smallest absolute Gasteiger partial charge is 0.185 e. The number of aliphatic hydroxyl groups excluding tert-OH is 1. The average Bonchev–Trinajstić information content (AvgIpc) is 2.65. The van der Waals surface area contributed by atoms with E-state index in [1.54, 1.807) is 51.5 Å². The highest BCUT2D eigenvalue weighted by Gasteiger charge is 2.09. The highest BCUT2D eigenvalue weighted by molar-refractivity contribution is 6.09. The van der Waals surface area contributed by atoms with Gasteiger partial charge in [-0.3, -0.25) is 4.79 Å². The lowest BCUT2D eigenvalue weighted by Crippen LogP contribution is -1.99. The fraction of sp³-hybridized carbons (Fsp3) is 0.150. The molecule has 0 bridgehead atoms. The molecular formula is C20H20O4. The van der Waals surface area contributed by atoms with Crippen LogP contribution < -0.4 is 9.47 Å². The van der Waals surface area contributed by atoms with Gasteiger partial charge >= 0.3 is 0 Å². The molecule has 0 radical (unpaired) electrons. The Morgan fingerprint density at radius 1 is 1.00 bits per heavy atom. The predicted molar refractivity (Wildman–Crippen MR) is 95.3 cm³/mol.